The highest BCUT2D eigenvalue weighted by Gasteiger charge is 2.23. The van der Waals surface area contributed by atoms with Crippen molar-refractivity contribution in [1.82, 2.24) is 9.88 Å². The predicted molar refractivity (Wildman–Crippen MR) is 116 cm³/mol. The lowest BCUT2D eigenvalue weighted by Crippen LogP contribution is -2.48. The van der Waals surface area contributed by atoms with E-state index in [1.165, 1.54) is 31.4 Å². The SMILES string of the molecule is COc1ccc(N2CCN(C(=O)c3ccc(N4CCCCCC4)nc3)CC2)cc1. The molecule has 0 saturated carbocycles. The van der Waals surface area contributed by atoms with E-state index in [9.17, 15) is 4.79 Å². The Hall–Kier alpha value is -2.76. The molecule has 29 heavy (non-hydrogen) atoms. The molecule has 0 atom stereocenters. The number of aromatic nitrogens is 1. The number of pyridine rings is 1. The van der Waals surface area contributed by atoms with Gasteiger partial charge in [-0.05, 0) is 49.2 Å². The molecule has 3 heterocycles. The Morgan fingerprint density at radius 3 is 2.10 bits per heavy atom. The first-order chi connectivity index (χ1) is 14.2. The van der Waals surface area contributed by atoms with Crippen molar-refractivity contribution in [3.05, 3.63) is 48.2 Å². The van der Waals surface area contributed by atoms with Gasteiger partial charge in [0.15, 0.2) is 0 Å². The molecule has 0 spiro atoms. The van der Waals surface area contributed by atoms with Gasteiger partial charge in [-0.1, -0.05) is 12.8 Å². The van der Waals surface area contributed by atoms with E-state index in [0.29, 0.717) is 5.56 Å². The molecule has 0 bridgehead atoms. The number of hydrogen-bond donors (Lipinski definition) is 0. The first kappa shape index (κ1) is 19.6. The number of carbonyl (C=O) groups excluding carboxylic acids is 1. The summed E-state index contributed by atoms with van der Waals surface area (Å²) in [6, 6.07) is 12.0. The monoisotopic (exact) mass is 394 g/mol. The number of ether oxygens (including phenoxy) is 1. The average molecular weight is 395 g/mol. The lowest BCUT2D eigenvalue weighted by molar-refractivity contribution is 0.0746. The molecule has 2 aliphatic heterocycles. The van der Waals surface area contributed by atoms with Crippen LogP contribution in [0.2, 0.25) is 0 Å². The van der Waals surface area contributed by atoms with Gasteiger partial charge in [0.2, 0.25) is 0 Å². The lowest BCUT2D eigenvalue weighted by Gasteiger charge is -2.36. The van der Waals surface area contributed by atoms with Crippen LogP contribution in [0.5, 0.6) is 5.75 Å². The summed E-state index contributed by atoms with van der Waals surface area (Å²) in [5, 5.41) is 0. The molecule has 1 aromatic heterocycles. The number of nitrogens with zero attached hydrogens (tertiary/aromatic N) is 4. The minimum absolute atomic E-state index is 0.0781. The van der Waals surface area contributed by atoms with Crippen LogP contribution < -0.4 is 14.5 Å². The summed E-state index contributed by atoms with van der Waals surface area (Å²) in [7, 11) is 1.68. The maximum Gasteiger partial charge on any atom is 0.255 e. The van der Waals surface area contributed by atoms with Gasteiger partial charge in [0.05, 0.1) is 12.7 Å². The Balaban J connectivity index is 1.34. The third-order valence-corrected chi connectivity index (χ3v) is 5.93. The fraction of sp³-hybridized carbons (Fsp3) is 0.478. The topological polar surface area (TPSA) is 48.9 Å². The molecule has 0 aliphatic carbocycles. The second-order valence-electron chi connectivity index (χ2n) is 7.78. The molecule has 2 aliphatic rings. The van der Waals surface area contributed by atoms with E-state index in [-0.39, 0.29) is 5.91 Å². The highest BCUT2D eigenvalue weighted by atomic mass is 16.5. The zero-order chi connectivity index (χ0) is 20.1. The van der Waals surface area contributed by atoms with Crippen LogP contribution in [0.15, 0.2) is 42.6 Å². The fourth-order valence-electron chi connectivity index (χ4n) is 4.14. The summed E-state index contributed by atoms with van der Waals surface area (Å²) in [4.78, 5) is 24.1. The Morgan fingerprint density at radius 1 is 0.828 bits per heavy atom. The van der Waals surface area contributed by atoms with Gasteiger partial charge in [0.1, 0.15) is 11.6 Å². The van der Waals surface area contributed by atoms with Gasteiger partial charge in [0, 0.05) is 51.2 Å². The third-order valence-electron chi connectivity index (χ3n) is 5.93. The van der Waals surface area contributed by atoms with Gasteiger partial charge in [0.25, 0.3) is 5.91 Å². The molecule has 154 valence electrons. The number of methoxy groups -OCH3 is 1. The van der Waals surface area contributed by atoms with Crippen molar-refractivity contribution in [2.75, 3.05) is 56.2 Å². The summed E-state index contributed by atoms with van der Waals surface area (Å²) >= 11 is 0. The molecule has 1 aromatic carbocycles. The van der Waals surface area contributed by atoms with Gasteiger partial charge in [-0.2, -0.15) is 0 Å². The van der Waals surface area contributed by atoms with Crippen molar-refractivity contribution in [3.63, 3.8) is 0 Å². The summed E-state index contributed by atoms with van der Waals surface area (Å²) in [6.07, 6.45) is 6.80. The lowest BCUT2D eigenvalue weighted by atomic mass is 10.2. The zero-order valence-corrected chi connectivity index (χ0v) is 17.2. The van der Waals surface area contributed by atoms with Crippen LogP contribution in [-0.4, -0.2) is 62.2 Å². The Morgan fingerprint density at radius 2 is 1.52 bits per heavy atom. The molecular formula is C23H30N4O2. The maximum absolute atomic E-state index is 12.9. The number of benzene rings is 1. The minimum atomic E-state index is 0.0781. The fourth-order valence-corrected chi connectivity index (χ4v) is 4.14. The zero-order valence-electron chi connectivity index (χ0n) is 17.2. The van der Waals surface area contributed by atoms with Gasteiger partial charge in [-0.3, -0.25) is 4.79 Å². The van der Waals surface area contributed by atoms with Crippen molar-refractivity contribution in [3.8, 4) is 5.75 Å². The van der Waals surface area contributed by atoms with E-state index in [1.807, 2.05) is 29.2 Å². The van der Waals surface area contributed by atoms with Crippen molar-refractivity contribution in [2.45, 2.75) is 25.7 Å². The maximum atomic E-state index is 12.9. The highest BCUT2D eigenvalue weighted by molar-refractivity contribution is 5.94. The average Bonchev–Trinajstić information content (AvgIpc) is 3.09. The molecule has 0 radical (unpaired) electrons. The number of carbonyl (C=O) groups is 1. The first-order valence-corrected chi connectivity index (χ1v) is 10.6. The third kappa shape index (κ3) is 4.63. The first-order valence-electron chi connectivity index (χ1n) is 10.6. The second kappa shape index (κ2) is 9.16. The standard InChI is InChI=1S/C23H30N4O2/c1-29-21-9-7-20(8-10-21)25-14-16-27(17-15-25)23(28)19-6-11-22(24-18-19)26-12-4-2-3-5-13-26/h6-11,18H,2-5,12-17H2,1H3. The molecule has 1 amide bonds. The molecule has 6 nitrogen and oxygen atoms in total. The summed E-state index contributed by atoms with van der Waals surface area (Å²) in [6.45, 7) is 5.23. The van der Waals surface area contributed by atoms with Crippen LogP contribution in [0.4, 0.5) is 11.5 Å². The van der Waals surface area contributed by atoms with Crippen LogP contribution in [0, 0.1) is 0 Å². The van der Waals surface area contributed by atoms with Gasteiger partial charge < -0.3 is 19.4 Å². The molecule has 0 N–H and O–H groups in total. The van der Waals surface area contributed by atoms with Crippen LogP contribution in [-0.2, 0) is 0 Å². The molecule has 4 rings (SSSR count). The Labute approximate surface area is 173 Å². The minimum Gasteiger partial charge on any atom is -0.497 e. The van der Waals surface area contributed by atoms with E-state index < -0.39 is 0 Å². The summed E-state index contributed by atoms with van der Waals surface area (Å²) < 4.78 is 5.23. The van der Waals surface area contributed by atoms with Crippen LogP contribution >= 0.6 is 0 Å². The van der Waals surface area contributed by atoms with E-state index in [1.54, 1.807) is 13.3 Å². The van der Waals surface area contributed by atoms with Crippen molar-refractivity contribution >= 4 is 17.4 Å². The van der Waals surface area contributed by atoms with E-state index >= 15 is 0 Å². The molecule has 2 fully saturated rings. The van der Waals surface area contributed by atoms with Crippen LogP contribution in [0.1, 0.15) is 36.0 Å². The largest absolute Gasteiger partial charge is 0.497 e. The van der Waals surface area contributed by atoms with Crippen molar-refractivity contribution in [1.29, 1.82) is 0 Å². The predicted octanol–water partition coefficient (Wildman–Crippen LogP) is 3.43. The van der Waals surface area contributed by atoms with E-state index in [2.05, 4.69) is 26.9 Å². The summed E-state index contributed by atoms with van der Waals surface area (Å²) in [5.41, 5.74) is 1.85. The molecule has 2 aromatic rings. The van der Waals surface area contributed by atoms with Crippen LogP contribution in [0.3, 0.4) is 0 Å². The van der Waals surface area contributed by atoms with Crippen molar-refractivity contribution in [2.24, 2.45) is 0 Å². The van der Waals surface area contributed by atoms with Gasteiger partial charge in [-0.25, -0.2) is 4.98 Å². The van der Waals surface area contributed by atoms with Gasteiger partial charge >= 0.3 is 0 Å². The molecule has 0 unspecified atom stereocenters. The highest BCUT2D eigenvalue weighted by Crippen LogP contribution is 2.22. The second-order valence-corrected chi connectivity index (χ2v) is 7.78. The quantitative estimate of drug-likeness (QED) is 0.795. The van der Waals surface area contributed by atoms with Gasteiger partial charge in [-0.15, -0.1) is 0 Å². The van der Waals surface area contributed by atoms with E-state index in [0.717, 1.165) is 50.8 Å². The number of anilines is 2. The molecular weight excluding hydrogens is 364 g/mol. The van der Waals surface area contributed by atoms with Crippen molar-refractivity contribution < 1.29 is 9.53 Å². The van der Waals surface area contributed by atoms with Crippen LogP contribution in [0.25, 0.3) is 0 Å². The number of rotatable bonds is 4. The number of amides is 1. The molecule has 2 saturated heterocycles. The number of piperazine rings is 1. The summed E-state index contributed by atoms with van der Waals surface area (Å²) in [5.74, 6) is 1.93. The normalized spacial score (nSPS) is 17.8. The molecule has 6 heteroatoms. The smallest absolute Gasteiger partial charge is 0.255 e. The van der Waals surface area contributed by atoms with E-state index in [4.69, 9.17) is 4.74 Å². The number of hydrogen-bond acceptors (Lipinski definition) is 5. The Bertz CT molecular complexity index is 791. The Kier molecular flexibility index (Phi) is 6.17.